The Morgan fingerprint density at radius 3 is 2.95 bits per heavy atom. The van der Waals surface area contributed by atoms with Crippen LogP contribution < -0.4 is 10.1 Å². The van der Waals surface area contributed by atoms with Crippen LogP contribution in [0.4, 0.5) is 4.79 Å². The van der Waals surface area contributed by atoms with Crippen molar-refractivity contribution in [3.8, 4) is 5.75 Å². The fourth-order valence-corrected chi connectivity index (χ4v) is 4.01. The molecule has 2 aliphatic rings. The third-order valence-corrected chi connectivity index (χ3v) is 5.15. The molecule has 1 spiro atoms. The van der Waals surface area contributed by atoms with E-state index < -0.39 is 11.6 Å². The molecule has 1 unspecified atom stereocenters. The first-order chi connectivity index (χ1) is 10.6. The second-order valence-electron chi connectivity index (χ2n) is 5.36. The minimum atomic E-state index is -0.809. The van der Waals surface area contributed by atoms with E-state index in [9.17, 15) is 14.4 Å². The Balaban J connectivity index is 1.76. The smallest absolute Gasteiger partial charge is 0.325 e. The summed E-state index contributed by atoms with van der Waals surface area (Å²) in [6.45, 7) is -0.246. The average molecular weight is 320 g/mol. The lowest BCUT2D eigenvalue weighted by Crippen LogP contribution is -2.47. The highest BCUT2D eigenvalue weighted by atomic mass is 32.2. The molecule has 2 saturated heterocycles. The number of Topliss-reactive ketones (excluding diaryl/α,β-unsaturated/α-hetero) is 1. The van der Waals surface area contributed by atoms with E-state index >= 15 is 0 Å². The molecule has 116 valence electrons. The molecule has 6 nitrogen and oxygen atoms in total. The van der Waals surface area contributed by atoms with Gasteiger partial charge in [0, 0.05) is 11.3 Å². The van der Waals surface area contributed by atoms with E-state index in [2.05, 4.69) is 5.32 Å². The lowest BCUT2D eigenvalue weighted by Gasteiger charge is -2.19. The summed E-state index contributed by atoms with van der Waals surface area (Å²) in [5.41, 5.74) is -0.391. The summed E-state index contributed by atoms with van der Waals surface area (Å²) in [6, 6.07) is 6.19. The molecule has 2 aliphatic heterocycles. The molecule has 1 N–H and O–H groups in total. The first kappa shape index (κ1) is 14.9. The summed E-state index contributed by atoms with van der Waals surface area (Å²) in [6.07, 6.45) is 0.617. The van der Waals surface area contributed by atoms with Crippen LogP contribution in [0.5, 0.6) is 5.75 Å². The maximum absolute atomic E-state index is 12.5. The van der Waals surface area contributed by atoms with Crippen LogP contribution in [0.25, 0.3) is 0 Å². The van der Waals surface area contributed by atoms with Crippen molar-refractivity contribution in [2.24, 2.45) is 0 Å². The highest BCUT2D eigenvalue weighted by Gasteiger charge is 2.53. The average Bonchev–Trinajstić information content (AvgIpc) is 3.08. The largest absolute Gasteiger partial charge is 0.497 e. The van der Waals surface area contributed by atoms with E-state index in [0.717, 1.165) is 10.7 Å². The Labute approximate surface area is 132 Å². The third-order valence-electron chi connectivity index (χ3n) is 3.96. The predicted molar refractivity (Wildman–Crippen MR) is 82.2 cm³/mol. The number of nitrogens with zero attached hydrogens (tertiary/aromatic N) is 1. The van der Waals surface area contributed by atoms with E-state index in [1.54, 1.807) is 36.0 Å². The number of ketones is 1. The van der Waals surface area contributed by atoms with Crippen LogP contribution in [-0.2, 0) is 4.79 Å². The first-order valence-electron chi connectivity index (χ1n) is 6.95. The van der Waals surface area contributed by atoms with Crippen LogP contribution >= 0.6 is 11.8 Å². The highest BCUT2D eigenvalue weighted by molar-refractivity contribution is 7.99. The molecule has 1 aromatic rings. The van der Waals surface area contributed by atoms with Gasteiger partial charge in [0.15, 0.2) is 5.78 Å². The van der Waals surface area contributed by atoms with Gasteiger partial charge in [-0.25, -0.2) is 4.79 Å². The summed E-state index contributed by atoms with van der Waals surface area (Å²) in [7, 11) is 1.52. The van der Waals surface area contributed by atoms with Crippen molar-refractivity contribution in [1.29, 1.82) is 0 Å². The van der Waals surface area contributed by atoms with Crippen LogP contribution in [0, 0.1) is 0 Å². The van der Waals surface area contributed by atoms with Crippen molar-refractivity contribution in [3.63, 3.8) is 0 Å². The van der Waals surface area contributed by atoms with Crippen molar-refractivity contribution in [2.45, 2.75) is 12.0 Å². The third kappa shape index (κ3) is 2.45. The van der Waals surface area contributed by atoms with Crippen LogP contribution in [-0.4, -0.2) is 53.3 Å². The van der Waals surface area contributed by atoms with Gasteiger partial charge in [-0.1, -0.05) is 12.1 Å². The maximum Gasteiger partial charge on any atom is 0.325 e. The van der Waals surface area contributed by atoms with Gasteiger partial charge in [0.05, 0.1) is 13.7 Å². The molecule has 3 rings (SSSR count). The zero-order valence-corrected chi connectivity index (χ0v) is 12.9. The number of carbonyl (C=O) groups is 3. The molecular weight excluding hydrogens is 304 g/mol. The number of hydrogen-bond donors (Lipinski definition) is 1. The molecule has 2 heterocycles. The molecule has 0 aliphatic carbocycles. The van der Waals surface area contributed by atoms with E-state index in [0.29, 0.717) is 23.5 Å². The molecule has 1 atom stereocenters. The molecule has 2 fully saturated rings. The van der Waals surface area contributed by atoms with Gasteiger partial charge in [0.1, 0.15) is 11.3 Å². The van der Waals surface area contributed by atoms with Crippen molar-refractivity contribution in [3.05, 3.63) is 29.8 Å². The van der Waals surface area contributed by atoms with E-state index in [-0.39, 0.29) is 18.2 Å². The van der Waals surface area contributed by atoms with Gasteiger partial charge >= 0.3 is 6.03 Å². The number of ether oxygens (including phenoxy) is 1. The van der Waals surface area contributed by atoms with Gasteiger partial charge in [-0.05, 0) is 24.3 Å². The van der Waals surface area contributed by atoms with E-state index in [1.165, 1.54) is 7.11 Å². The number of imide groups is 1. The van der Waals surface area contributed by atoms with Crippen molar-refractivity contribution < 1.29 is 19.1 Å². The standard InChI is InChI=1S/C15H16N2O4S/c1-21-11-4-2-3-10(7-11)12(18)8-17-13(19)15(16-14(17)20)5-6-22-9-15/h2-4,7H,5-6,8-9H2,1H3,(H,16,20). The van der Waals surface area contributed by atoms with Crippen molar-refractivity contribution >= 4 is 29.5 Å². The van der Waals surface area contributed by atoms with Gasteiger partial charge in [0.25, 0.3) is 5.91 Å². The summed E-state index contributed by atoms with van der Waals surface area (Å²) < 4.78 is 5.08. The normalized spacial score (nSPS) is 24.0. The van der Waals surface area contributed by atoms with Gasteiger partial charge in [-0.2, -0.15) is 11.8 Å². The topological polar surface area (TPSA) is 75.7 Å². The van der Waals surface area contributed by atoms with E-state index in [4.69, 9.17) is 4.74 Å². The van der Waals surface area contributed by atoms with Gasteiger partial charge in [-0.15, -0.1) is 0 Å². The first-order valence-corrected chi connectivity index (χ1v) is 8.10. The Morgan fingerprint density at radius 1 is 1.45 bits per heavy atom. The van der Waals surface area contributed by atoms with Gasteiger partial charge < -0.3 is 10.1 Å². The Morgan fingerprint density at radius 2 is 2.27 bits per heavy atom. The molecule has 7 heteroatoms. The minimum Gasteiger partial charge on any atom is -0.497 e. The molecule has 3 amide bonds. The number of nitrogens with one attached hydrogen (secondary N) is 1. The van der Waals surface area contributed by atoms with Gasteiger partial charge in [0.2, 0.25) is 0 Å². The van der Waals surface area contributed by atoms with Crippen molar-refractivity contribution in [2.75, 3.05) is 25.2 Å². The lowest BCUT2D eigenvalue weighted by atomic mass is 9.99. The minimum absolute atomic E-state index is 0.246. The second kappa shape index (κ2) is 5.64. The van der Waals surface area contributed by atoms with Crippen LogP contribution in [0.3, 0.4) is 0 Å². The summed E-state index contributed by atoms with van der Waals surface area (Å²) in [4.78, 5) is 37.9. The summed E-state index contributed by atoms with van der Waals surface area (Å²) in [5, 5.41) is 2.75. The molecule has 0 saturated carbocycles. The molecule has 0 radical (unpaired) electrons. The van der Waals surface area contributed by atoms with Crippen molar-refractivity contribution in [1.82, 2.24) is 10.2 Å². The highest BCUT2D eigenvalue weighted by Crippen LogP contribution is 2.33. The molecule has 0 bridgehead atoms. The number of methoxy groups -OCH3 is 1. The summed E-state index contributed by atoms with van der Waals surface area (Å²) in [5.74, 6) is 1.39. The predicted octanol–water partition coefficient (Wildman–Crippen LogP) is 1.31. The van der Waals surface area contributed by atoms with Crippen LogP contribution in [0.2, 0.25) is 0 Å². The van der Waals surface area contributed by atoms with Crippen LogP contribution in [0.15, 0.2) is 24.3 Å². The van der Waals surface area contributed by atoms with Gasteiger partial charge in [-0.3, -0.25) is 14.5 Å². The second-order valence-corrected chi connectivity index (χ2v) is 6.47. The quantitative estimate of drug-likeness (QED) is 0.668. The monoisotopic (exact) mass is 320 g/mol. The molecular formula is C15H16N2O4S. The summed E-state index contributed by atoms with van der Waals surface area (Å²) >= 11 is 1.63. The Kier molecular flexibility index (Phi) is 3.82. The maximum atomic E-state index is 12.5. The molecule has 22 heavy (non-hydrogen) atoms. The van der Waals surface area contributed by atoms with Crippen LogP contribution in [0.1, 0.15) is 16.8 Å². The number of amides is 3. The zero-order chi connectivity index (χ0) is 15.7. The number of rotatable bonds is 4. The fourth-order valence-electron chi connectivity index (χ4n) is 2.68. The number of hydrogen-bond acceptors (Lipinski definition) is 5. The molecule has 1 aromatic carbocycles. The number of thioether (sulfide) groups is 1. The fraction of sp³-hybridized carbons (Fsp3) is 0.400. The SMILES string of the molecule is COc1cccc(C(=O)CN2C(=O)NC3(CCSC3)C2=O)c1. The zero-order valence-electron chi connectivity index (χ0n) is 12.1. The number of benzene rings is 1. The Hall–Kier alpha value is -2.02. The number of urea groups is 1. The number of carbonyl (C=O) groups excluding carboxylic acids is 3. The lowest BCUT2D eigenvalue weighted by molar-refractivity contribution is -0.130. The molecule has 0 aromatic heterocycles. The van der Waals surface area contributed by atoms with E-state index in [1.807, 2.05) is 0 Å². The Bertz CT molecular complexity index is 640.